The van der Waals surface area contributed by atoms with Crippen molar-refractivity contribution in [1.29, 1.82) is 0 Å². The number of alkyl halides is 1. The average Bonchev–Trinajstić information content (AvgIpc) is 3.54. The molecule has 3 atom stereocenters. The van der Waals surface area contributed by atoms with Crippen LogP contribution in [0.5, 0.6) is 5.75 Å². The van der Waals surface area contributed by atoms with E-state index in [1.165, 1.54) is 11.0 Å². The molecular weight excluding hydrogens is 618 g/mol. The van der Waals surface area contributed by atoms with Crippen molar-refractivity contribution < 1.29 is 37.7 Å². The molecule has 8 nitrogen and oxygen atoms in total. The van der Waals surface area contributed by atoms with Gasteiger partial charge in [0, 0.05) is 24.4 Å². The highest BCUT2D eigenvalue weighted by molar-refractivity contribution is 5.88. The monoisotopic (exact) mass is 666 g/mol. The normalized spacial score (nSPS) is 25.4. The molecule has 0 aromatic heterocycles. The van der Waals surface area contributed by atoms with Gasteiger partial charge in [0.05, 0.1) is 17.5 Å². The summed E-state index contributed by atoms with van der Waals surface area (Å²) in [6.45, 7) is 8.24. The Morgan fingerprint density at radius 3 is 2.31 bits per heavy atom. The van der Waals surface area contributed by atoms with E-state index >= 15 is 8.78 Å². The van der Waals surface area contributed by atoms with Crippen LogP contribution in [0.15, 0.2) is 36.4 Å². The molecule has 1 spiro atoms. The molecule has 2 amide bonds. The minimum absolute atomic E-state index is 0.0446. The molecule has 2 aromatic rings. The largest absolute Gasteiger partial charge is 0.490 e. The number of ether oxygens (including phenoxy) is 2. The summed E-state index contributed by atoms with van der Waals surface area (Å²) in [6.07, 6.45) is 5.67. The van der Waals surface area contributed by atoms with Crippen molar-refractivity contribution in [1.82, 2.24) is 10.2 Å². The van der Waals surface area contributed by atoms with Crippen LogP contribution < -0.4 is 10.1 Å². The minimum Gasteiger partial charge on any atom is -0.490 e. The summed E-state index contributed by atoms with van der Waals surface area (Å²) in [6, 6.07) is 9.98. The number of nitrogens with zero attached hydrogens (tertiary/aromatic N) is 1. The molecule has 1 saturated heterocycles. The Balaban J connectivity index is 1.19. The van der Waals surface area contributed by atoms with Gasteiger partial charge < -0.3 is 19.9 Å². The number of carboxylic acid groups (broad SMARTS) is 1. The third-order valence-electron chi connectivity index (χ3n) is 11.0. The van der Waals surface area contributed by atoms with Crippen molar-refractivity contribution in [3.63, 3.8) is 0 Å². The number of carboxylic acids is 1. The topological polar surface area (TPSA) is 105 Å². The molecule has 260 valence electrons. The van der Waals surface area contributed by atoms with Crippen LogP contribution in [0, 0.1) is 5.82 Å². The molecule has 1 aliphatic heterocycles. The first kappa shape index (κ1) is 34.2. The van der Waals surface area contributed by atoms with Gasteiger partial charge in [-0.2, -0.15) is 0 Å². The molecule has 1 heterocycles. The van der Waals surface area contributed by atoms with Crippen LogP contribution in [-0.2, 0) is 19.7 Å². The lowest BCUT2D eigenvalue weighted by Gasteiger charge is -2.45. The lowest BCUT2D eigenvalue weighted by atomic mass is 9.73. The van der Waals surface area contributed by atoms with Crippen molar-refractivity contribution in [3.05, 3.63) is 53.3 Å². The first-order valence-electron chi connectivity index (χ1n) is 17.4. The van der Waals surface area contributed by atoms with E-state index in [2.05, 4.69) is 5.32 Å². The van der Waals surface area contributed by atoms with Gasteiger partial charge in [0.15, 0.2) is 0 Å². The van der Waals surface area contributed by atoms with E-state index in [1.807, 2.05) is 6.07 Å². The Kier molecular flexibility index (Phi) is 8.78. The first-order valence-corrected chi connectivity index (χ1v) is 17.4. The molecule has 10 heteroatoms. The predicted molar refractivity (Wildman–Crippen MR) is 177 cm³/mol. The number of likely N-dealkylation sites (tertiary alicyclic amines) is 1. The Bertz CT molecular complexity index is 1590. The number of amides is 2. The fourth-order valence-electron chi connectivity index (χ4n) is 7.76. The molecule has 48 heavy (non-hydrogen) atoms. The van der Waals surface area contributed by atoms with Crippen molar-refractivity contribution in [2.24, 2.45) is 0 Å². The molecule has 4 fully saturated rings. The van der Waals surface area contributed by atoms with Gasteiger partial charge in [-0.3, -0.25) is 14.5 Å². The Morgan fingerprint density at radius 2 is 1.71 bits per heavy atom. The third-order valence-corrected chi connectivity index (χ3v) is 11.0. The Morgan fingerprint density at radius 1 is 0.979 bits per heavy atom. The maximum absolute atomic E-state index is 16.4. The van der Waals surface area contributed by atoms with E-state index in [-0.39, 0.29) is 36.8 Å². The second-order valence-electron chi connectivity index (χ2n) is 16.0. The number of hydrogen-bond donors (Lipinski definition) is 2. The highest BCUT2D eigenvalue weighted by atomic mass is 19.1. The molecular formula is C38H48F2N2O6. The van der Waals surface area contributed by atoms with E-state index in [0.29, 0.717) is 60.1 Å². The summed E-state index contributed by atoms with van der Waals surface area (Å²) in [7, 11) is 0. The number of halogens is 2. The molecule has 0 bridgehead atoms. The first-order chi connectivity index (χ1) is 22.5. The molecule has 0 radical (unpaired) electrons. The van der Waals surface area contributed by atoms with Crippen molar-refractivity contribution in [2.75, 3.05) is 6.54 Å². The molecule has 3 aliphatic carbocycles. The van der Waals surface area contributed by atoms with Gasteiger partial charge in [-0.1, -0.05) is 24.6 Å². The molecule has 2 aromatic carbocycles. The number of carbonyl (C=O) groups is 3. The highest BCUT2D eigenvalue weighted by Crippen LogP contribution is 2.51. The predicted octanol–water partition coefficient (Wildman–Crippen LogP) is 7.81. The minimum atomic E-state index is -2.22. The fraction of sp³-hybridized carbons (Fsp3) is 0.605. The molecule has 0 unspecified atom stereocenters. The van der Waals surface area contributed by atoms with Gasteiger partial charge in [0.2, 0.25) is 5.67 Å². The van der Waals surface area contributed by atoms with Crippen molar-refractivity contribution in [3.8, 4) is 16.9 Å². The molecule has 2 N–H and O–H groups in total. The van der Waals surface area contributed by atoms with Crippen LogP contribution in [0.25, 0.3) is 11.1 Å². The van der Waals surface area contributed by atoms with Gasteiger partial charge in [0.25, 0.3) is 5.91 Å². The van der Waals surface area contributed by atoms with E-state index in [1.54, 1.807) is 58.9 Å². The number of hydrogen-bond acceptors (Lipinski definition) is 5. The number of rotatable bonds is 8. The average molecular weight is 667 g/mol. The summed E-state index contributed by atoms with van der Waals surface area (Å²) >= 11 is 0. The van der Waals surface area contributed by atoms with Crippen LogP contribution in [0.1, 0.15) is 116 Å². The van der Waals surface area contributed by atoms with Gasteiger partial charge in [-0.05, 0) is 120 Å². The summed E-state index contributed by atoms with van der Waals surface area (Å²) < 4.78 is 43.8. The Labute approximate surface area is 281 Å². The van der Waals surface area contributed by atoms with Gasteiger partial charge in [-0.15, -0.1) is 0 Å². The second kappa shape index (κ2) is 12.3. The zero-order valence-corrected chi connectivity index (χ0v) is 28.7. The number of aliphatic carboxylic acids is 1. The lowest BCUT2D eigenvalue weighted by Crippen LogP contribution is -2.53. The van der Waals surface area contributed by atoms with E-state index in [4.69, 9.17) is 9.47 Å². The zero-order chi connectivity index (χ0) is 34.6. The van der Waals surface area contributed by atoms with Gasteiger partial charge >= 0.3 is 12.1 Å². The number of carbonyl (C=O) groups excluding carboxylic acids is 2. The van der Waals surface area contributed by atoms with Crippen LogP contribution in [0.4, 0.5) is 13.6 Å². The van der Waals surface area contributed by atoms with Crippen molar-refractivity contribution >= 4 is 18.0 Å². The quantitative estimate of drug-likeness (QED) is 0.298. The molecule has 6 rings (SSSR count). The summed E-state index contributed by atoms with van der Waals surface area (Å²) in [5.74, 6) is -1.36. The summed E-state index contributed by atoms with van der Waals surface area (Å²) in [4.78, 5) is 40.1. The van der Waals surface area contributed by atoms with Crippen LogP contribution in [0.2, 0.25) is 0 Å². The van der Waals surface area contributed by atoms with E-state index in [9.17, 15) is 19.5 Å². The van der Waals surface area contributed by atoms with E-state index in [0.717, 1.165) is 25.7 Å². The third kappa shape index (κ3) is 6.39. The maximum atomic E-state index is 16.4. The highest BCUT2D eigenvalue weighted by Gasteiger charge is 2.62. The fourth-order valence-corrected chi connectivity index (χ4v) is 7.76. The summed E-state index contributed by atoms with van der Waals surface area (Å²) in [5.41, 5.74) is -2.28. The van der Waals surface area contributed by atoms with E-state index < -0.39 is 40.2 Å². The zero-order valence-electron chi connectivity index (χ0n) is 28.7. The second-order valence-corrected chi connectivity index (χ2v) is 16.0. The molecule has 3 saturated carbocycles. The lowest BCUT2D eigenvalue weighted by molar-refractivity contribution is -0.142. The van der Waals surface area contributed by atoms with Gasteiger partial charge in [-0.25, -0.2) is 13.6 Å². The summed E-state index contributed by atoms with van der Waals surface area (Å²) in [5, 5.41) is 12.9. The van der Waals surface area contributed by atoms with Gasteiger partial charge in [0.1, 0.15) is 23.3 Å². The smallest absolute Gasteiger partial charge is 0.410 e. The van der Waals surface area contributed by atoms with Crippen LogP contribution in [-0.4, -0.2) is 63.5 Å². The number of nitrogens with one attached hydrogen (secondary N) is 1. The number of benzene rings is 2. The van der Waals surface area contributed by atoms with Crippen molar-refractivity contribution in [2.45, 2.75) is 139 Å². The standard InChI is InChI=1S/C38H48F2N2O6/c1-35(2,3)48-34(46)42-22-38(40,21-37(42)17-8-18-37)32(43)41-25-14-15-26(20-25)47-30-16-13-24(36(4,5)33(44)45)19-28(30)27-11-7-12-29(39)31(27)23-9-6-10-23/h7,11-13,16,19,23,25-26H,6,8-10,14-15,17-18,20-22H2,1-5H3,(H,41,43)(H,44,45)/t25-,26-,38+/m1/s1. The maximum Gasteiger partial charge on any atom is 0.410 e. The Hall–Kier alpha value is -3.69. The molecule has 4 aliphatic rings. The van der Waals surface area contributed by atoms with Crippen LogP contribution >= 0.6 is 0 Å². The van der Waals surface area contributed by atoms with Crippen LogP contribution in [0.3, 0.4) is 0 Å². The SMILES string of the molecule is CC(C)(C)OC(=O)N1C[C@](F)(C(=O)N[C@@H]2CC[C@@H](Oc3ccc(C(C)(C)C(=O)O)cc3-c3cccc(F)c3C3CCC3)C2)CC12CCC2.